The van der Waals surface area contributed by atoms with E-state index in [4.69, 9.17) is 9.22 Å². The molecule has 5 N–H and O–H groups in total. The van der Waals surface area contributed by atoms with Crippen LogP contribution >= 0.6 is 0 Å². The fraction of sp³-hybridized carbons (Fsp3) is 0.889. The summed E-state index contributed by atoms with van der Waals surface area (Å²) in [6, 6.07) is 0. The van der Waals surface area contributed by atoms with E-state index in [0.29, 0.717) is 0 Å². The fourth-order valence-electron chi connectivity index (χ4n) is 0.916. The van der Waals surface area contributed by atoms with Crippen molar-refractivity contribution in [3.63, 3.8) is 0 Å². The third kappa shape index (κ3) is 2.53. The number of rotatable bonds is 5. The summed E-state index contributed by atoms with van der Waals surface area (Å²) in [6.07, 6.45) is -3.99. The summed E-state index contributed by atoms with van der Waals surface area (Å²) < 4.78 is 21.0. The Balaban J connectivity index is 5.54. The van der Waals surface area contributed by atoms with Crippen molar-refractivity contribution in [2.45, 2.75) is 44.1 Å². The summed E-state index contributed by atoms with van der Waals surface area (Å²) in [5.74, 6) is -1.44. The Hall–Kier alpha value is -0.530. The minimum absolute atomic E-state index is 0.801. The van der Waals surface area contributed by atoms with Gasteiger partial charge in [-0.05, 0) is 20.7 Å². The van der Waals surface area contributed by atoms with Crippen LogP contribution in [0.4, 0.5) is 0 Å². The van der Waals surface area contributed by atoms with Crippen LogP contribution in [0.15, 0.2) is 0 Å². The van der Waals surface area contributed by atoms with E-state index in [-0.39, 0.29) is 0 Å². The molecule has 0 aliphatic carbocycles. The van der Waals surface area contributed by atoms with E-state index in [2.05, 4.69) is 0 Å². The van der Waals surface area contributed by atoms with Gasteiger partial charge in [-0.1, -0.05) is 0 Å². The molecule has 0 bridgehead atoms. The summed E-state index contributed by atoms with van der Waals surface area (Å²) in [4.78, 5) is 11.7. The number of aliphatic hydroxyl groups excluding tert-OH is 3. The third-order valence-electron chi connectivity index (χ3n) is 2.15. The SMILES string of the molecule is [2H]CC(O)C(=O)[C@](O)(C[2H])[C@@](O)(C[2H])[C@H](O)CO. The van der Waals surface area contributed by atoms with Crippen LogP contribution in [0.5, 0.6) is 0 Å². The van der Waals surface area contributed by atoms with Crippen LogP contribution in [0.3, 0.4) is 0 Å². The average Bonchev–Trinajstić information content (AvgIpc) is 2.42. The molecule has 1 unspecified atom stereocenters. The third-order valence-corrected chi connectivity index (χ3v) is 2.15. The minimum Gasteiger partial charge on any atom is -0.394 e. The molecular weight excluding hydrogens is 204 g/mol. The van der Waals surface area contributed by atoms with Crippen LogP contribution in [0.1, 0.15) is 24.8 Å². The largest absolute Gasteiger partial charge is 0.394 e. The van der Waals surface area contributed by atoms with E-state index >= 15 is 0 Å². The topological polar surface area (TPSA) is 118 Å². The van der Waals surface area contributed by atoms with Crippen LogP contribution in [-0.4, -0.2) is 61.3 Å². The van der Waals surface area contributed by atoms with E-state index in [1.165, 1.54) is 0 Å². The summed E-state index contributed by atoms with van der Waals surface area (Å²) in [5, 5.41) is 47.3. The maximum atomic E-state index is 11.7. The normalized spacial score (nSPS) is 26.3. The van der Waals surface area contributed by atoms with Crippen molar-refractivity contribution in [3.8, 4) is 0 Å². The Labute approximate surface area is 92.0 Å². The van der Waals surface area contributed by atoms with Crippen molar-refractivity contribution in [3.05, 3.63) is 0 Å². The Morgan fingerprint density at radius 3 is 2.33 bits per heavy atom. The number of Topliss-reactive ketones (excluding diaryl/α,β-unsaturated/α-hetero) is 1. The summed E-state index contributed by atoms with van der Waals surface area (Å²) in [5.41, 5.74) is -5.73. The molecule has 0 fully saturated rings. The lowest BCUT2D eigenvalue weighted by atomic mass is 9.77. The molecule has 0 aliphatic rings. The maximum absolute atomic E-state index is 11.7. The molecule has 0 spiro atoms. The highest BCUT2D eigenvalue weighted by atomic mass is 16.4. The van der Waals surface area contributed by atoms with Gasteiger partial charge in [0.25, 0.3) is 0 Å². The Morgan fingerprint density at radius 2 is 2.00 bits per heavy atom. The van der Waals surface area contributed by atoms with Gasteiger partial charge in [0.2, 0.25) is 0 Å². The first-order valence-electron chi connectivity index (χ1n) is 6.21. The number of hydrogen-bond donors (Lipinski definition) is 5. The minimum atomic E-state index is -2.93. The second-order valence-corrected chi connectivity index (χ2v) is 3.36. The molecular formula is C9H18O6. The number of aliphatic hydroxyl groups is 5. The fourth-order valence-corrected chi connectivity index (χ4v) is 0.916. The van der Waals surface area contributed by atoms with E-state index in [9.17, 15) is 25.2 Å². The molecule has 0 rings (SSSR count). The van der Waals surface area contributed by atoms with Gasteiger partial charge in [0.1, 0.15) is 17.8 Å². The van der Waals surface area contributed by atoms with Crippen LogP contribution in [-0.2, 0) is 4.79 Å². The van der Waals surface area contributed by atoms with Gasteiger partial charge in [-0.15, -0.1) is 0 Å². The number of carbonyl (C=O) groups is 1. The molecule has 0 aliphatic heterocycles. The molecule has 4 atom stereocenters. The van der Waals surface area contributed by atoms with Gasteiger partial charge in [-0.3, -0.25) is 4.79 Å². The lowest BCUT2D eigenvalue weighted by molar-refractivity contribution is -0.201. The second-order valence-electron chi connectivity index (χ2n) is 3.36. The number of carbonyl (C=O) groups excluding carboxylic acids is 1. The van der Waals surface area contributed by atoms with Crippen LogP contribution < -0.4 is 0 Å². The van der Waals surface area contributed by atoms with E-state index in [1.54, 1.807) is 0 Å². The highest BCUT2D eigenvalue weighted by Crippen LogP contribution is 2.27. The molecule has 6 nitrogen and oxygen atoms in total. The second kappa shape index (κ2) is 4.54. The number of hydrogen-bond acceptors (Lipinski definition) is 6. The zero-order valence-electron chi connectivity index (χ0n) is 11.1. The number of ketones is 1. The molecule has 90 valence electrons. The molecule has 0 radical (unpaired) electrons. The van der Waals surface area contributed by atoms with Gasteiger partial charge in [-0.25, -0.2) is 0 Å². The van der Waals surface area contributed by atoms with Gasteiger partial charge in [0.15, 0.2) is 11.4 Å². The average molecular weight is 225 g/mol. The van der Waals surface area contributed by atoms with Crippen LogP contribution in [0, 0.1) is 0 Å². The van der Waals surface area contributed by atoms with E-state index < -0.39 is 56.5 Å². The van der Waals surface area contributed by atoms with Crippen LogP contribution in [0.2, 0.25) is 0 Å². The van der Waals surface area contributed by atoms with Crippen molar-refractivity contribution < 1.29 is 34.4 Å². The Bertz CT molecular complexity index is 291. The standard InChI is InChI=1S/C9H18O6/c1-5(11)7(13)9(3,15)8(2,14)6(12)4-10/h5-6,10-12,14-15H,4H2,1-3H3/t5?,6-,8-,9-/m1/s1/i1D,2D,3D. The Morgan fingerprint density at radius 1 is 1.40 bits per heavy atom. The van der Waals surface area contributed by atoms with Crippen molar-refractivity contribution in [2.75, 3.05) is 6.61 Å². The lowest BCUT2D eigenvalue weighted by Gasteiger charge is -2.40. The van der Waals surface area contributed by atoms with Gasteiger partial charge in [0, 0.05) is 4.11 Å². The first-order chi connectivity index (χ1) is 8.24. The predicted octanol–water partition coefficient (Wildman–Crippen LogP) is -2.21. The molecule has 0 saturated heterocycles. The van der Waals surface area contributed by atoms with Crippen molar-refractivity contribution in [2.24, 2.45) is 0 Å². The summed E-state index contributed by atoms with van der Waals surface area (Å²) >= 11 is 0. The van der Waals surface area contributed by atoms with Gasteiger partial charge < -0.3 is 25.5 Å². The van der Waals surface area contributed by atoms with Gasteiger partial charge in [-0.2, -0.15) is 0 Å². The zero-order chi connectivity index (χ0) is 14.6. The highest BCUT2D eigenvalue weighted by molar-refractivity contribution is 5.91. The first kappa shape index (κ1) is 9.68. The smallest absolute Gasteiger partial charge is 0.195 e. The van der Waals surface area contributed by atoms with Crippen molar-refractivity contribution >= 4 is 5.78 Å². The van der Waals surface area contributed by atoms with Gasteiger partial charge in [0.05, 0.1) is 6.61 Å². The van der Waals surface area contributed by atoms with Gasteiger partial charge >= 0.3 is 0 Å². The molecule has 0 heterocycles. The zero-order valence-corrected chi connectivity index (χ0v) is 8.13. The molecule has 15 heavy (non-hydrogen) atoms. The van der Waals surface area contributed by atoms with E-state index in [1.807, 2.05) is 0 Å². The van der Waals surface area contributed by atoms with Crippen molar-refractivity contribution in [1.82, 2.24) is 0 Å². The van der Waals surface area contributed by atoms with Crippen LogP contribution in [0.25, 0.3) is 0 Å². The monoisotopic (exact) mass is 225 g/mol. The lowest BCUT2D eigenvalue weighted by Crippen LogP contribution is -2.64. The molecule has 0 aromatic rings. The molecule has 0 amide bonds. The Kier molecular flexibility index (Phi) is 2.93. The first-order valence-corrected chi connectivity index (χ1v) is 4.08. The summed E-state index contributed by atoms with van der Waals surface area (Å²) in [7, 11) is 0. The summed E-state index contributed by atoms with van der Waals surface area (Å²) in [6.45, 7) is -4.04. The predicted molar refractivity (Wildman–Crippen MR) is 51.0 cm³/mol. The molecule has 6 heteroatoms. The molecule has 0 aromatic carbocycles. The molecule has 0 saturated carbocycles. The van der Waals surface area contributed by atoms with Crippen molar-refractivity contribution in [1.29, 1.82) is 0 Å². The molecule has 0 aromatic heterocycles. The highest BCUT2D eigenvalue weighted by Gasteiger charge is 2.52. The quantitative estimate of drug-likeness (QED) is 0.362. The van der Waals surface area contributed by atoms with E-state index in [0.717, 1.165) is 0 Å². The maximum Gasteiger partial charge on any atom is 0.195 e.